The van der Waals surface area contributed by atoms with Gasteiger partial charge in [0.05, 0.1) is 12.6 Å². The highest BCUT2D eigenvalue weighted by Gasteiger charge is 2.36. The van der Waals surface area contributed by atoms with E-state index in [2.05, 4.69) is 11.4 Å². The van der Waals surface area contributed by atoms with Crippen molar-refractivity contribution in [2.24, 2.45) is 0 Å². The summed E-state index contributed by atoms with van der Waals surface area (Å²) in [5, 5.41) is 12.2. The molecule has 2 fully saturated rings. The predicted molar refractivity (Wildman–Crippen MR) is 89.2 cm³/mol. The summed E-state index contributed by atoms with van der Waals surface area (Å²) in [6.45, 7) is 8.17. The van der Waals surface area contributed by atoms with E-state index < -0.39 is 11.1 Å². The van der Waals surface area contributed by atoms with Crippen molar-refractivity contribution in [3.05, 3.63) is 0 Å². The molecule has 0 aromatic rings. The van der Waals surface area contributed by atoms with Crippen LogP contribution in [0.15, 0.2) is 0 Å². The predicted octanol–water partition coefficient (Wildman–Crippen LogP) is 1.49. The molecule has 1 heterocycles. The summed E-state index contributed by atoms with van der Waals surface area (Å²) in [6.07, 6.45) is 3.15. The number of piperazine rings is 1. The number of nitriles is 1. The van der Waals surface area contributed by atoms with Crippen LogP contribution >= 0.6 is 0 Å². The van der Waals surface area contributed by atoms with E-state index in [0.717, 1.165) is 25.7 Å². The number of ether oxygens (including phenoxy) is 1. The fraction of sp³-hybridized carbons (Fsp3) is 0.824. The number of carbonyl (C=O) groups excluding carboxylic acids is 2. The molecule has 0 radical (unpaired) electrons. The van der Waals surface area contributed by atoms with Gasteiger partial charge in [0, 0.05) is 26.2 Å². The van der Waals surface area contributed by atoms with Crippen molar-refractivity contribution >= 4 is 12.0 Å². The Hall–Kier alpha value is -1.81. The fourth-order valence-electron chi connectivity index (χ4n) is 3.17. The van der Waals surface area contributed by atoms with E-state index in [9.17, 15) is 14.9 Å². The van der Waals surface area contributed by atoms with Crippen LogP contribution in [0.25, 0.3) is 0 Å². The van der Waals surface area contributed by atoms with E-state index in [1.807, 2.05) is 25.7 Å². The minimum atomic E-state index is -0.671. The van der Waals surface area contributed by atoms with E-state index >= 15 is 0 Å². The molecular formula is C17H28N4O3. The first-order valence-corrected chi connectivity index (χ1v) is 8.66. The van der Waals surface area contributed by atoms with Gasteiger partial charge in [-0.05, 0) is 46.5 Å². The Morgan fingerprint density at radius 2 is 1.75 bits per heavy atom. The third-order valence-electron chi connectivity index (χ3n) is 4.44. The van der Waals surface area contributed by atoms with Gasteiger partial charge in [-0.15, -0.1) is 0 Å². The lowest BCUT2D eigenvalue weighted by Gasteiger charge is -2.35. The molecule has 134 valence electrons. The maximum Gasteiger partial charge on any atom is 0.410 e. The standard InChI is InChI=1S/C17H28N4O3/c1-16(2,3)24-15(23)21-10-8-20(9-11-21)12-14(22)19-17(13-18)6-4-5-7-17/h4-12H2,1-3H3,(H,19,22). The number of rotatable bonds is 3. The third kappa shape index (κ3) is 5.10. The molecule has 0 aromatic heterocycles. The molecule has 1 aliphatic heterocycles. The van der Waals surface area contributed by atoms with Crippen molar-refractivity contribution in [1.29, 1.82) is 5.26 Å². The largest absolute Gasteiger partial charge is 0.444 e. The molecule has 0 atom stereocenters. The summed E-state index contributed by atoms with van der Waals surface area (Å²) in [4.78, 5) is 27.9. The van der Waals surface area contributed by atoms with E-state index in [4.69, 9.17) is 4.74 Å². The Balaban J connectivity index is 1.76. The molecule has 0 aromatic carbocycles. The summed E-state index contributed by atoms with van der Waals surface area (Å²) in [5.74, 6) is -0.107. The smallest absolute Gasteiger partial charge is 0.410 e. The van der Waals surface area contributed by atoms with Gasteiger partial charge < -0.3 is 15.0 Å². The molecule has 0 unspecified atom stereocenters. The van der Waals surface area contributed by atoms with E-state index in [1.165, 1.54) is 0 Å². The second kappa shape index (κ2) is 7.39. The summed E-state index contributed by atoms with van der Waals surface area (Å²) in [5.41, 5.74) is -1.17. The van der Waals surface area contributed by atoms with Gasteiger partial charge in [0.2, 0.25) is 5.91 Å². The van der Waals surface area contributed by atoms with Crippen molar-refractivity contribution in [2.45, 2.75) is 57.6 Å². The third-order valence-corrected chi connectivity index (χ3v) is 4.44. The average molecular weight is 336 g/mol. The summed E-state index contributed by atoms with van der Waals surface area (Å²) >= 11 is 0. The molecule has 2 amide bonds. The van der Waals surface area contributed by atoms with Crippen molar-refractivity contribution in [1.82, 2.24) is 15.1 Å². The average Bonchev–Trinajstić information content (AvgIpc) is 2.95. The SMILES string of the molecule is CC(C)(C)OC(=O)N1CCN(CC(=O)NC2(C#N)CCCC2)CC1. The first-order valence-electron chi connectivity index (χ1n) is 8.66. The monoisotopic (exact) mass is 336 g/mol. The fourth-order valence-corrected chi connectivity index (χ4v) is 3.17. The second-order valence-corrected chi connectivity index (χ2v) is 7.69. The van der Waals surface area contributed by atoms with Crippen LogP contribution in [0.4, 0.5) is 4.79 Å². The number of hydrogen-bond donors (Lipinski definition) is 1. The molecule has 1 saturated heterocycles. The van der Waals surface area contributed by atoms with Gasteiger partial charge in [-0.25, -0.2) is 4.79 Å². The van der Waals surface area contributed by atoms with E-state index in [-0.39, 0.29) is 18.5 Å². The van der Waals surface area contributed by atoms with Crippen LogP contribution in [0.2, 0.25) is 0 Å². The Morgan fingerprint density at radius 1 is 1.17 bits per heavy atom. The highest BCUT2D eigenvalue weighted by molar-refractivity contribution is 5.79. The van der Waals surface area contributed by atoms with Crippen molar-refractivity contribution in [3.8, 4) is 6.07 Å². The minimum Gasteiger partial charge on any atom is -0.444 e. The first kappa shape index (κ1) is 18.5. The van der Waals surface area contributed by atoms with Crippen molar-refractivity contribution in [3.63, 3.8) is 0 Å². The van der Waals surface area contributed by atoms with Crippen LogP contribution in [0.3, 0.4) is 0 Å². The molecule has 7 nitrogen and oxygen atoms in total. The zero-order valence-electron chi connectivity index (χ0n) is 14.9. The van der Waals surface area contributed by atoms with Crippen LogP contribution < -0.4 is 5.32 Å². The van der Waals surface area contributed by atoms with Crippen molar-refractivity contribution < 1.29 is 14.3 Å². The molecule has 24 heavy (non-hydrogen) atoms. The number of carbonyl (C=O) groups is 2. The van der Waals surface area contributed by atoms with Gasteiger partial charge in [-0.1, -0.05) is 0 Å². The lowest BCUT2D eigenvalue weighted by Crippen LogP contribution is -2.54. The number of nitrogens with zero attached hydrogens (tertiary/aromatic N) is 3. The highest BCUT2D eigenvalue weighted by Crippen LogP contribution is 2.28. The molecule has 1 aliphatic carbocycles. The maximum absolute atomic E-state index is 12.2. The van der Waals surface area contributed by atoms with Crippen LogP contribution in [-0.4, -0.2) is 65.7 Å². The van der Waals surface area contributed by atoms with Crippen LogP contribution in [0.5, 0.6) is 0 Å². The minimum absolute atomic E-state index is 0.107. The molecule has 0 bridgehead atoms. The van der Waals surface area contributed by atoms with E-state index in [1.54, 1.807) is 4.90 Å². The first-order chi connectivity index (χ1) is 11.2. The van der Waals surface area contributed by atoms with Gasteiger partial charge >= 0.3 is 6.09 Å². The van der Waals surface area contributed by atoms with E-state index in [0.29, 0.717) is 26.2 Å². The Morgan fingerprint density at radius 3 is 2.25 bits per heavy atom. The lowest BCUT2D eigenvalue weighted by molar-refractivity contribution is -0.123. The number of nitrogens with one attached hydrogen (secondary N) is 1. The van der Waals surface area contributed by atoms with Gasteiger partial charge in [0.25, 0.3) is 0 Å². The van der Waals surface area contributed by atoms with Gasteiger partial charge in [-0.2, -0.15) is 5.26 Å². The Kier molecular flexibility index (Phi) is 5.70. The molecule has 0 spiro atoms. The van der Waals surface area contributed by atoms with Gasteiger partial charge in [0.15, 0.2) is 0 Å². The number of hydrogen-bond acceptors (Lipinski definition) is 5. The Labute approximate surface area is 143 Å². The number of amides is 2. The molecular weight excluding hydrogens is 308 g/mol. The second-order valence-electron chi connectivity index (χ2n) is 7.69. The van der Waals surface area contributed by atoms with Crippen molar-refractivity contribution in [2.75, 3.05) is 32.7 Å². The van der Waals surface area contributed by atoms with Crippen LogP contribution in [0, 0.1) is 11.3 Å². The molecule has 2 aliphatic rings. The van der Waals surface area contributed by atoms with Crippen LogP contribution in [-0.2, 0) is 9.53 Å². The normalized spacial score (nSPS) is 21.2. The Bertz CT molecular complexity index is 507. The van der Waals surface area contributed by atoms with Gasteiger partial charge in [-0.3, -0.25) is 9.69 Å². The zero-order valence-corrected chi connectivity index (χ0v) is 14.9. The topological polar surface area (TPSA) is 85.7 Å². The molecule has 1 N–H and O–H groups in total. The summed E-state index contributed by atoms with van der Waals surface area (Å²) < 4.78 is 5.36. The van der Waals surface area contributed by atoms with Gasteiger partial charge in [0.1, 0.15) is 11.1 Å². The molecule has 1 saturated carbocycles. The summed E-state index contributed by atoms with van der Waals surface area (Å²) in [6, 6.07) is 2.27. The highest BCUT2D eigenvalue weighted by atomic mass is 16.6. The quantitative estimate of drug-likeness (QED) is 0.844. The zero-order chi connectivity index (χ0) is 17.8. The van der Waals surface area contributed by atoms with Crippen LogP contribution in [0.1, 0.15) is 46.5 Å². The maximum atomic E-state index is 12.2. The summed E-state index contributed by atoms with van der Waals surface area (Å²) in [7, 11) is 0. The lowest BCUT2D eigenvalue weighted by atomic mass is 10.00. The molecule has 2 rings (SSSR count). The molecule has 7 heteroatoms.